The third-order valence-corrected chi connectivity index (χ3v) is 3.40. The van der Waals surface area contributed by atoms with E-state index in [0.29, 0.717) is 19.6 Å². The Balaban J connectivity index is 0.00000324. The average Bonchev–Trinajstić information content (AvgIpc) is 2.76. The lowest BCUT2D eigenvalue weighted by Crippen LogP contribution is -2.33. The van der Waals surface area contributed by atoms with Gasteiger partial charge in [0.05, 0.1) is 19.6 Å². The quantitative estimate of drug-likeness (QED) is 0.612. The Hall–Kier alpha value is -0.610. The van der Waals surface area contributed by atoms with Gasteiger partial charge >= 0.3 is 5.97 Å². The lowest BCUT2D eigenvalue weighted by Gasteiger charge is -2.25. The smallest absolute Gasteiger partial charge is 0.308 e. The molecular formula is C15H30O4. The summed E-state index contributed by atoms with van der Waals surface area (Å²) in [7, 11) is 0. The summed E-state index contributed by atoms with van der Waals surface area (Å²) in [4.78, 5) is 10.8. The molecule has 0 aromatic rings. The SMILES string of the molecule is C.CCCCCCCCCC1(CC(=O)O)OCCO1. The number of carboxylic acid groups (broad SMARTS) is 1. The summed E-state index contributed by atoms with van der Waals surface area (Å²) in [5.74, 6) is -1.69. The molecule has 0 atom stereocenters. The lowest BCUT2D eigenvalue weighted by molar-refractivity contribution is -0.182. The molecule has 1 aliphatic heterocycles. The van der Waals surface area contributed by atoms with Crippen LogP contribution in [0.25, 0.3) is 0 Å². The van der Waals surface area contributed by atoms with Crippen molar-refractivity contribution in [2.75, 3.05) is 13.2 Å². The van der Waals surface area contributed by atoms with Crippen molar-refractivity contribution < 1.29 is 19.4 Å². The van der Waals surface area contributed by atoms with Crippen molar-refractivity contribution in [2.24, 2.45) is 0 Å². The first-order valence-electron chi connectivity index (χ1n) is 7.18. The summed E-state index contributed by atoms with van der Waals surface area (Å²) < 4.78 is 11.0. The molecule has 0 aliphatic carbocycles. The van der Waals surface area contributed by atoms with Crippen LogP contribution in [0, 0.1) is 0 Å². The molecule has 0 bridgehead atoms. The molecule has 1 rings (SSSR count). The number of rotatable bonds is 10. The Morgan fingerprint density at radius 2 is 1.58 bits per heavy atom. The van der Waals surface area contributed by atoms with Gasteiger partial charge in [0.25, 0.3) is 0 Å². The van der Waals surface area contributed by atoms with Crippen LogP contribution >= 0.6 is 0 Å². The van der Waals surface area contributed by atoms with Crippen LogP contribution in [0.4, 0.5) is 0 Å². The maximum atomic E-state index is 10.8. The predicted octanol–water partition coefficient (Wildman–Crippen LogP) is 3.98. The Kier molecular flexibility index (Phi) is 9.88. The van der Waals surface area contributed by atoms with E-state index in [2.05, 4.69) is 6.92 Å². The Bertz CT molecular complexity index is 234. The van der Waals surface area contributed by atoms with Gasteiger partial charge in [0, 0.05) is 6.42 Å². The van der Waals surface area contributed by atoms with Crippen LogP contribution in [-0.4, -0.2) is 30.1 Å². The first-order valence-corrected chi connectivity index (χ1v) is 7.18. The van der Waals surface area contributed by atoms with E-state index in [4.69, 9.17) is 14.6 Å². The van der Waals surface area contributed by atoms with Crippen LogP contribution in [0.2, 0.25) is 0 Å². The number of carboxylic acids is 1. The van der Waals surface area contributed by atoms with E-state index < -0.39 is 11.8 Å². The highest BCUT2D eigenvalue weighted by Crippen LogP contribution is 2.29. The van der Waals surface area contributed by atoms with Crippen molar-refractivity contribution in [3.8, 4) is 0 Å². The number of hydrogen-bond donors (Lipinski definition) is 1. The van der Waals surface area contributed by atoms with Gasteiger partial charge in [-0.15, -0.1) is 0 Å². The second-order valence-corrected chi connectivity index (χ2v) is 5.05. The molecule has 0 unspecified atom stereocenters. The fourth-order valence-corrected chi connectivity index (χ4v) is 2.41. The maximum Gasteiger partial charge on any atom is 0.308 e. The zero-order chi connectivity index (χ0) is 13.3. The number of hydrogen-bond acceptors (Lipinski definition) is 3. The number of carbonyl (C=O) groups is 1. The molecule has 0 radical (unpaired) electrons. The molecule has 0 amide bonds. The lowest BCUT2D eigenvalue weighted by atomic mass is 10.0. The van der Waals surface area contributed by atoms with Crippen LogP contribution in [0.1, 0.15) is 72.1 Å². The van der Waals surface area contributed by atoms with Crippen LogP contribution in [0.5, 0.6) is 0 Å². The molecule has 1 fully saturated rings. The molecule has 1 saturated heterocycles. The van der Waals surface area contributed by atoms with Crippen LogP contribution in [0.3, 0.4) is 0 Å². The summed E-state index contributed by atoms with van der Waals surface area (Å²) in [5, 5.41) is 8.88. The highest BCUT2D eigenvalue weighted by atomic mass is 16.7. The minimum atomic E-state index is -0.847. The standard InChI is InChI=1S/C14H26O4.CH4/c1-2-3-4-5-6-7-8-9-14(12-13(15)16)17-10-11-18-14;/h2-12H2,1H3,(H,15,16);1H4. The molecular weight excluding hydrogens is 244 g/mol. The van der Waals surface area contributed by atoms with E-state index in [9.17, 15) is 4.79 Å². The summed E-state index contributed by atoms with van der Waals surface area (Å²) in [6.07, 6.45) is 9.18. The number of ether oxygens (including phenoxy) is 2. The second kappa shape index (κ2) is 10.2. The molecule has 1 heterocycles. The molecule has 1 N–H and O–H groups in total. The van der Waals surface area contributed by atoms with Crippen LogP contribution < -0.4 is 0 Å². The van der Waals surface area contributed by atoms with Crippen molar-refractivity contribution in [3.05, 3.63) is 0 Å². The third-order valence-electron chi connectivity index (χ3n) is 3.40. The monoisotopic (exact) mass is 274 g/mol. The van der Waals surface area contributed by atoms with Gasteiger partial charge in [-0.25, -0.2) is 0 Å². The maximum absolute atomic E-state index is 10.8. The molecule has 4 nitrogen and oxygen atoms in total. The van der Waals surface area contributed by atoms with Crippen LogP contribution in [0.15, 0.2) is 0 Å². The van der Waals surface area contributed by atoms with Crippen molar-refractivity contribution >= 4 is 5.97 Å². The third kappa shape index (κ3) is 7.53. The summed E-state index contributed by atoms with van der Waals surface area (Å²) in [5.41, 5.74) is 0. The van der Waals surface area contributed by atoms with Crippen molar-refractivity contribution in [1.82, 2.24) is 0 Å². The van der Waals surface area contributed by atoms with E-state index >= 15 is 0 Å². The van der Waals surface area contributed by atoms with Gasteiger partial charge in [0.15, 0.2) is 5.79 Å². The number of aliphatic carboxylic acids is 1. The summed E-state index contributed by atoms with van der Waals surface area (Å²) in [6.45, 7) is 3.25. The first-order chi connectivity index (χ1) is 8.68. The highest BCUT2D eigenvalue weighted by molar-refractivity contribution is 5.67. The predicted molar refractivity (Wildman–Crippen MR) is 76.2 cm³/mol. The van der Waals surface area contributed by atoms with Crippen molar-refractivity contribution in [2.45, 2.75) is 77.9 Å². The zero-order valence-electron chi connectivity index (χ0n) is 11.5. The van der Waals surface area contributed by atoms with E-state index in [1.807, 2.05) is 0 Å². The Morgan fingerprint density at radius 1 is 1.05 bits per heavy atom. The van der Waals surface area contributed by atoms with E-state index in [1.165, 1.54) is 32.1 Å². The normalized spacial score (nSPS) is 17.1. The highest BCUT2D eigenvalue weighted by Gasteiger charge is 2.38. The zero-order valence-corrected chi connectivity index (χ0v) is 11.5. The van der Waals surface area contributed by atoms with Gasteiger partial charge in [-0.3, -0.25) is 4.79 Å². The average molecular weight is 274 g/mol. The molecule has 0 spiro atoms. The summed E-state index contributed by atoms with van der Waals surface area (Å²) >= 11 is 0. The molecule has 1 aliphatic rings. The molecule has 0 aromatic heterocycles. The minimum absolute atomic E-state index is 0. The molecule has 4 heteroatoms. The topological polar surface area (TPSA) is 55.8 Å². The van der Waals surface area contributed by atoms with Crippen LogP contribution in [-0.2, 0) is 14.3 Å². The van der Waals surface area contributed by atoms with Gasteiger partial charge in [0.1, 0.15) is 0 Å². The first kappa shape index (κ1) is 18.4. The molecule has 114 valence electrons. The summed E-state index contributed by atoms with van der Waals surface area (Å²) in [6, 6.07) is 0. The van der Waals surface area contributed by atoms with Crippen molar-refractivity contribution in [3.63, 3.8) is 0 Å². The largest absolute Gasteiger partial charge is 0.481 e. The minimum Gasteiger partial charge on any atom is -0.481 e. The van der Waals surface area contributed by atoms with Gasteiger partial charge in [0.2, 0.25) is 0 Å². The fourth-order valence-electron chi connectivity index (χ4n) is 2.41. The van der Waals surface area contributed by atoms with Gasteiger partial charge in [-0.05, 0) is 6.42 Å². The van der Waals surface area contributed by atoms with Gasteiger partial charge in [-0.2, -0.15) is 0 Å². The molecule has 19 heavy (non-hydrogen) atoms. The van der Waals surface area contributed by atoms with E-state index in [1.54, 1.807) is 0 Å². The fraction of sp³-hybridized carbons (Fsp3) is 0.933. The Morgan fingerprint density at radius 3 is 2.11 bits per heavy atom. The van der Waals surface area contributed by atoms with E-state index in [-0.39, 0.29) is 13.8 Å². The Labute approximate surface area is 117 Å². The number of unbranched alkanes of at least 4 members (excludes halogenated alkanes) is 6. The molecule has 0 aromatic carbocycles. The molecule has 0 saturated carbocycles. The van der Waals surface area contributed by atoms with E-state index in [0.717, 1.165) is 12.8 Å². The van der Waals surface area contributed by atoms with Crippen molar-refractivity contribution in [1.29, 1.82) is 0 Å². The van der Waals surface area contributed by atoms with Gasteiger partial charge < -0.3 is 14.6 Å². The second-order valence-electron chi connectivity index (χ2n) is 5.05. The van der Waals surface area contributed by atoms with Gasteiger partial charge in [-0.1, -0.05) is 52.9 Å².